The molecule has 2 aromatic rings. The maximum Gasteiger partial charge on any atom is 0.193 e. The summed E-state index contributed by atoms with van der Waals surface area (Å²) in [7, 11) is 1.84. The molecule has 0 aliphatic rings. The van der Waals surface area contributed by atoms with Crippen LogP contribution in [0.1, 0.15) is 30.7 Å². The van der Waals surface area contributed by atoms with Gasteiger partial charge in [0, 0.05) is 12.7 Å². The molecule has 0 aliphatic heterocycles. The molecule has 6 nitrogen and oxygen atoms in total. The first-order valence-electron chi connectivity index (χ1n) is 7.17. The van der Waals surface area contributed by atoms with Gasteiger partial charge in [-0.15, -0.1) is 5.10 Å². The predicted molar refractivity (Wildman–Crippen MR) is 85.2 cm³/mol. The van der Waals surface area contributed by atoms with Gasteiger partial charge in [0.25, 0.3) is 0 Å². The number of hydrogen-bond acceptors (Lipinski definition) is 3. The number of aromatic nitrogens is 3. The van der Waals surface area contributed by atoms with Crippen molar-refractivity contribution in [2.45, 2.75) is 33.2 Å². The summed E-state index contributed by atoms with van der Waals surface area (Å²) in [5.41, 5.74) is 10.5. The third kappa shape index (κ3) is 3.59. The summed E-state index contributed by atoms with van der Waals surface area (Å²) in [6.45, 7) is 4.72. The van der Waals surface area contributed by atoms with Crippen LogP contribution in [0.15, 0.2) is 29.4 Å². The number of para-hydroxylation sites is 1. The monoisotopic (exact) mass is 286 g/mol. The topological polar surface area (TPSA) is 81.1 Å². The lowest BCUT2D eigenvalue weighted by Gasteiger charge is -2.14. The number of nitrogens with zero attached hydrogens (tertiary/aromatic N) is 4. The van der Waals surface area contributed by atoms with Crippen LogP contribution in [-0.4, -0.2) is 21.0 Å². The Labute approximate surface area is 125 Å². The van der Waals surface area contributed by atoms with Gasteiger partial charge in [0.1, 0.15) is 0 Å². The number of aryl methyl sites for hydroxylation is 3. The molecule has 2 rings (SSSR count). The van der Waals surface area contributed by atoms with Crippen molar-refractivity contribution in [1.29, 1.82) is 0 Å². The molecule has 0 fully saturated rings. The van der Waals surface area contributed by atoms with Gasteiger partial charge < -0.3 is 11.1 Å². The first kappa shape index (κ1) is 15.0. The van der Waals surface area contributed by atoms with Gasteiger partial charge in [0.2, 0.25) is 0 Å². The fourth-order valence-electron chi connectivity index (χ4n) is 2.19. The quantitative estimate of drug-likeness (QED) is 0.649. The molecule has 0 saturated carbocycles. The summed E-state index contributed by atoms with van der Waals surface area (Å²) in [6.07, 6.45) is 3.60. The van der Waals surface area contributed by atoms with Crippen LogP contribution in [0.25, 0.3) is 0 Å². The van der Waals surface area contributed by atoms with Gasteiger partial charge >= 0.3 is 0 Å². The van der Waals surface area contributed by atoms with E-state index in [4.69, 9.17) is 5.73 Å². The van der Waals surface area contributed by atoms with Crippen LogP contribution < -0.4 is 11.1 Å². The molecule has 112 valence electrons. The highest BCUT2D eigenvalue weighted by molar-refractivity contribution is 5.93. The highest BCUT2D eigenvalue weighted by atomic mass is 15.4. The van der Waals surface area contributed by atoms with Gasteiger partial charge in [0.05, 0.1) is 18.4 Å². The molecule has 1 aromatic heterocycles. The van der Waals surface area contributed by atoms with Gasteiger partial charge in [-0.05, 0) is 24.0 Å². The minimum atomic E-state index is 0.409. The van der Waals surface area contributed by atoms with Crippen molar-refractivity contribution in [2.75, 3.05) is 5.32 Å². The average Bonchev–Trinajstić information content (AvgIpc) is 2.90. The highest BCUT2D eigenvalue weighted by Crippen LogP contribution is 2.22. The molecule has 0 spiro atoms. The lowest BCUT2D eigenvalue weighted by Crippen LogP contribution is -2.24. The fourth-order valence-corrected chi connectivity index (χ4v) is 2.19. The van der Waals surface area contributed by atoms with Gasteiger partial charge in [-0.25, -0.2) is 4.99 Å². The molecule has 1 aromatic carbocycles. The van der Waals surface area contributed by atoms with Crippen LogP contribution in [0.4, 0.5) is 5.69 Å². The van der Waals surface area contributed by atoms with E-state index in [-0.39, 0.29) is 0 Å². The summed E-state index contributed by atoms with van der Waals surface area (Å²) >= 11 is 0. The maximum atomic E-state index is 6.01. The molecule has 0 saturated heterocycles. The van der Waals surface area contributed by atoms with Crippen LogP contribution in [0.5, 0.6) is 0 Å². The Hall–Kier alpha value is -2.37. The zero-order valence-corrected chi connectivity index (χ0v) is 12.8. The number of rotatable bonds is 5. The van der Waals surface area contributed by atoms with Crippen LogP contribution in [0.2, 0.25) is 0 Å². The number of aliphatic imine (C=N–C) groups is 1. The zero-order valence-electron chi connectivity index (χ0n) is 12.8. The average molecular weight is 286 g/mol. The molecule has 0 bridgehead atoms. The van der Waals surface area contributed by atoms with Crippen LogP contribution in [-0.2, 0) is 26.4 Å². The second-order valence-corrected chi connectivity index (χ2v) is 4.83. The minimum absolute atomic E-state index is 0.409. The smallest absolute Gasteiger partial charge is 0.193 e. The summed E-state index contributed by atoms with van der Waals surface area (Å²) < 4.78 is 1.69. The van der Waals surface area contributed by atoms with E-state index in [2.05, 4.69) is 52.7 Å². The molecule has 0 amide bonds. The Kier molecular flexibility index (Phi) is 4.92. The minimum Gasteiger partial charge on any atom is -0.370 e. The normalized spacial score (nSPS) is 11.7. The van der Waals surface area contributed by atoms with Crippen molar-refractivity contribution < 1.29 is 0 Å². The van der Waals surface area contributed by atoms with Crippen LogP contribution in [0, 0.1) is 0 Å². The van der Waals surface area contributed by atoms with Crippen molar-refractivity contribution in [3.05, 3.63) is 41.2 Å². The predicted octanol–water partition coefficient (Wildman–Crippen LogP) is 1.87. The molecule has 0 atom stereocenters. The van der Waals surface area contributed by atoms with E-state index in [9.17, 15) is 0 Å². The zero-order chi connectivity index (χ0) is 15.2. The molecule has 6 heteroatoms. The summed E-state index contributed by atoms with van der Waals surface area (Å²) in [4.78, 5) is 4.36. The fraction of sp³-hybridized carbons (Fsp3) is 0.400. The molecular formula is C15H22N6. The number of benzene rings is 1. The van der Waals surface area contributed by atoms with Gasteiger partial charge in [-0.2, -0.15) is 0 Å². The van der Waals surface area contributed by atoms with Gasteiger partial charge in [0.15, 0.2) is 5.96 Å². The van der Waals surface area contributed by atoms with E-state index in [1.165, 1.54) is 11.1 Å². The Balaban J connectivity index is 2.15. The second-order valence-electron chi connectivity index (χ2n) is 4.83. The first-order chi connectivity index (χ1) is 10.2. The van der Waals surface area contributed by atoms with E-state index in [0.29, 0.717) is 12.5 Å². The Morgan fingerprint density at radius 3 is 2.48 bits per heavy atom. The molecule has 3 N–H and O–H groups in total. The van der Waals surface area contributed by atoms with Crippen molar-refractivity contribution in [3.8, 4) is 0 Å². The molecule has 0 unspecified atom stereocenters. The van der Waals surface area contributed by atoms with E-state index in [0.717, 1.165) is 24.2 Å². The number of anilines is 1. The maximum absolute atomic E-state index is 6.01. The van der Waals surface area contributed by atoms with Gasteiger partial charge in [-0.3, -0.25) is 4.68 Å². The molecule has 1 heterocycles. The van der Waals surface area contributed by atoms with Gasteiger partial charge in [-0.1, -0.05) is 37.3 Å². The summed E-state index contributed by atoms with van der Waals surface area (Å²) in [6, 6.07) is 6.30. The largest absolute Gasteiger partial charge is 0.370 e. The number of guanidine groups is 1. The molecule has 0 aliphatic carbocycles. The molecule has 0 radical (unpaired) electrons. The number of nitrogens with one attached hydrogen (secondary N) is 1. The summed E-state index contributed by atoms with van der Waals surface area (Å²) in [5, 5.41) is 10.9. The first-order valence-corrected chi connectivity index (χ1v) is 7.17. The van der Waals surface area contributed by atoms with E-state index < -0.39 is 0 Å². The van der Waals surface area contributed by atoms with Crippen molar-refractivity contribution in [1.82, 2.24) is 15.0 Å². The van der Waals surface area contributed by atoms with Crippen molar-refractivity contribution in [3.63, 3.8) is 0 Å². The molecule has 21 heavy (non-hydrogen) atoms. The Morgan fingerprint density at radius 1 is 1.29 bits per heavy atom. The van der Waals surface area contributed by atoms with E-state index in [1.807, 2.05) is 7.05 Å². The lowest BCUT2D eigenvalue weighted by atomic mass is 10.0. The van der Waals surface area contributed by atoms with Crippen LogP contribution in [0.3, 0.4) is 0 Å². The van der Waals surface area contributed by atoms with E-state index >= 15 is 0 Å². The third-order valence-corrected chi connectivity index (χ3v) is 3.47. The van der Waals surface area contributed by atoms with Crippen molar-refractivity contribution in [2.24, 2.45) is 17.8 Å². The lowest BCUT2D eigenvalue weighted by molar-refractivity contribution is 0.678. The Bertz CT molecular complexity index is 607. The standard InChI is InChI=1S/C15H22N6/c1-4-11-7-6-8-12(5-2)14(11)19-15(16)17-9-13-10-18-20-21(13)3/h6-8,10H,4-5,9H2,1-3H3,(H3,16,17,19). The molecular weight excluding hydrogens is 264 g/mol. The second kappa shape index (κ2) is 6.88. The summed E-state index contributed by atoms with van der Waals surface area (Å²) in [5.74, 6) is 0.409. The highest BCUT2D eigenvalue weighted by Gasteiger charge is 2.07. The van der Waals surface area contributed by atoms with Crippen LogP contribution >= 0.6 is 0 Å². The Morgan fingerprint density at radius 2 is 1.95 bits per heavy atom. The third-order valence-electron chi connectivity index (χ3n) is 3.47. The SMILES string of the molecule is CCc1cccc(CC)c1NC(N)=NCc1cnnn1C. The van der Waals surface area contributed by atoms with Crippen molar-refractivity contribution >= 4 is 11.6 Å². The number of nitrogens with two attached hydrogens (primary N) is 1. The number of hydrogen-bond donors (Lipinski definition) is 2. The van der Waals surface area contributed by atoms with E-state index in [1.54, 1.807) is 10.9 Å².